The van der Waals surface area contributed by atoms with Gasteiger partial charge in [0.2, 0.25) is 11.9 Å². The van der Waals surface area contributed by atoms with Crippen molar-refractivity contribution in [3.8, 4) is 0 Å². The molecule has 0 saturated heterocycles. The van der Waals surface area contributed by atoms with Crippen LogP contribution in [0.1, 0.15) is 28.0 Å². The van der Waals surface area contributed by atoms with Gasteiger partial charge in [0.15, 0.2) is 0 Å². The van der Waals surface area contributed by atoms with Crippen molar-refractivity contribution in [3.05, 3.63) is 77.8 Å². The Bertz CT molecular complexity index is 872. The minimum atomic E-state index is -1.34. The number of nitrogens with zero attached hydrogens (tertiary/aromatic N) is 2. The molecule has 1 amide bonds. The highest BCUT2D eigenvalue weighted by atomic mass is 19.1. The molecule has 0 saturated carbocycles. The average Bonchev–Trinajstić information content (AvgIpc) is 3.25. The molecule has 0 bridgehead atoms. The van der Waals surface area contributed by atoms with Crippen LogP contribution in [0, 0.1) is 5.82 Å². The molecular weight excluding hydrogens is 329 g/mol. The molecule has 7 nitrogen and oxygen atoms in total. The largest absolute Gasteiger partial charge is 0.452 e. The van der Waals surface area contributed by atoms with Gasteiger partial charge in [0.05, 0.1) is 6.54 Å². The Balaban J connectivity index is 1.72. The van der Waals surface area contributed by atoms with E-state index in [2.05, 4.69) is 5.10 Å². The maximum atomic E-state index is 13.0. The van der Waals surface area contributed by atoms with E-state index < -0.39 is 23.8 Å². The van der Waals surface area contributed by atoms with E-state index in [9.17, 15) is 14.0 Å². The van der Waals surface area contributed by atoms with E-state index in [0.717, 1.165) is 12.1 Å². The predicted molar refractivity (Wildman–Crippen MR) is 83.8 cm³/mol. The summed E-state index contributed by atoms with van der Waals surface area (Å²) in [5.41, 5.74) is 5.55. The number of carbonyl (C=O) groups is 2. The molecule has 1 atom stereocenters. The van der Waals surface area contributed by atoms with Crippen LogP contribution in [0.5, 0.6) is 0 Å². The summed E-state index contributed by atoms with van der Waals surface area (Å²) in [6.45, 7) is 0.345. The lowest BCUT2D eigenvalue weighted by Gasteiger charge is -2.14. The number of ether oxygens (including phenoxy) is 1. The number of benzene rings is 1. The van der Waals surface area contributed by atoms with Gasteiger partial charge < -0.3 is 14.9 Å². The number of rotatable bonds is 6. The minimum Gasteiger partial charge on any atom is -0.452 e. The number of hydrogen-bond donors (Lipinski definition) is 1. The number of furan rings is 1. The molecule has 0 aliphatic heterocycles. The van der Waals surface area contributed by atoms with Gasteiger partial charge in [0.25, 0.3) is 5.91 Å². The van der Waals surface area contributed by atoms with Gasteiger partial charge in [0, 0.05) is 18.0 Å². The predicted octanol–water partition coefficient (Wildman–Crippen LogP) is 2.05. The number of hydrogen-bond acceptors (Lipinski definition) is 5. The molecule has 8 heteroatoms. The first-order chi connectivity index (χ1) is 12.0. The Morgan fingerprint density at radius 1 is 1.24 bits per heavy atom. The highest BCUT2D eigenvalue weighted by Crippen LogP contribution is 2.20. The van der Waals surface area contributed by atoms with Crippen molar-refractivity contribution in [1.29, 1.82) is 0 Å². The zero-order valence-electron chi connectivity index (χ0n) is 13.0. The molecule has 0 aliphatic rings. The van der Waals surface area contributed by atoms with E-state index in [1.54, 1.807) is 29.2 Å². The van der Waals surface area contributed by atoms with Crippen LogP contribution in [0.4, 0.5) is 4.39 Å². The third kappa shape index (κ3) is 3.92. The second kappa shape index (κ2) is 7.00. The van der Waals surface area contributed by atoms with Gasteiger partial charge in [-0.3, -0.25) is 9.48 Å². The van der Waals surface area contributed by atoms with Crippen LogP contribution in [-0.4, -0.2) is 21.7 Å². The average molecular weight is 343 g/mol. The molecule has 0 spiro atoms. The van der Waals surface area contributed by atoms with Gasteiger partial charge in [-0.1, -0.05) is 12.1 Å². The molecule has 25 heavy (non-hydrogen) atoms. The molecule has 3 rings (SSSR count). The summed E-state index contributed by atoms with van der Waals surface area (Å²) < 4.78 is 25.1. The summed E-state index contributed by atoms with van der Waals surface area (Å²) in [5, 5.41) is 4.03. The molecule has 0 fully saturated rings. The Morgan fingerprint density at radius 2 is 2.00 bits per heavy atom. The number of primary amides is 1. The van der Waals surface area contributed by atoms with Crippen molar-refractivity contribution in [2.75, 3.05) is 0 Å². The number of halogens is 1. The van der Waals surface area contributed by atoms with Gasteiger partial charge in [-0.2, -0.15) is 5.10 Å². The Labute approximate surface area is 141 Å². The highest BCUT2D eigenvalue weighted by molar-refractivity contribution is 5.90. The second-order valence-electron chi connectivity index (χ2n) is 5.21. The number of nitrogens with two attached hydrogens (primary N) is 1. The van der Waals surface area contributed by atoms with Gasteiger partial charge in [-0.05, 0) is 30.3 Å². The SMILES string of the molecule is NC(=O)C(OC(=O)c1ccc(Cn2cccn2)o1)c1ccc(F)cc1. The molecule has 0 radical (unpaired) electrons. The fourth-order valence-electron chi connectivity index (χ4n) is 2.22. The zero-order valence-corrected chi connectivity index (χ0v) is 13.0. The summed E-state index contributed by atoms with van der Waals surface area (Å²) >= 11 is 0. The normalized spacial score (nSPS) is 11.9. The Kier molecular flexibility index (Phi) is 4.60. The molecule has 2 heterocycles. The van der Waals surface area contributed by atoms with Crippen LogP contribution in [0.25, 0.3) is 0 Å². The minimum absolute atomic E-state index is 0.0736. The van der Waals surface area contributed by atoms with E-state index >= 15 is 0 Å². The Hall–Kier alpha value is -3.42. The first kappa shape index (κ1) is 16.4. The van der Waals surface area contributed by atoms with Crippen molar-refractivity contribution < 1.29 is 23.1 Å². The number of amides is 1. The number of aromatic nitrogens is 2. The summed E-state index contributed by atoms with van der Waals surface area (Å²) in [5.74, 6) is -1.78. The monoisotopic (exact) mass is 343 g/mol. The molecule has 3 aromatic rings. The fraction of sp³-hybridized carbons (Fsp3) is 0.118. The van der Waals surface area contributed by atoms with Gasteiger partial charge in [-0.25, -0.2) is 9.18 Å². The quantitative estimate of drug-likeness (QED) is 0.690. The van der Waals surface area contributed by atoms with Gasteiger partial charge in [-0.15, -0.1) is 0 Å². The molecule has 2 aromatic heterocycles. The maximum absolute atomic E-state index is 13.0. The molecule has 1 aromatic carbocycles. The molecular formula is C17H14FN3O4. The van der Waals surface area contributed by atoms with Crippen LogP contribution in [0.2, 0.25) is 0 Å². The zero-order chi connectivity index (χ0) is 17.8. The van der Waals surface area contributed by atoms with Crippen molar-refractivity contribution in [2.45, 2.75) is 12.6 Å². The smallest absolute Gasteiger partial charge is 0.375 e. The van der Waals surface area contributed by atoms with Crippen molar-refractivity contribution >= 4 is 11.9 Å². The lowest BCUT2D eigenvalue weighted by atomic mass is 10.1. The number of esters is 1. The van der Waals surface area contributed by atoms with Crippen LogP contribution < -0.4 is 5.73 Å². The first-order valence-electron chi connectivity index (χ1n) is 7.35. The number of carbonyl (C=O) groups excluding carboxylic acids is 2. The lowest BCUT2D eigenvalue weighted by molar-refractivity contribution is -0.127. The van der Waals surface area contributed by atoms with Crippen LogP contribution in [0.15, 0.2) is 59.3 Å². The van der Waals surface area contributed by atoms with E-state index in [1.807, 2.05) is 0 Å². The van der Waals surface area contributed by atoms with E-state index in [0.29, 0.717) is 12.3 Å². The summed E-state index contributed by atoms with van der Waals surface area (Å²) in [6, 6.07) is 9.74. The standard InChI is InChI=1S/C17H14FN3O4/c18-12-4-2-11(3-5-12)15(16(19)22)25-17(23)14-7-6-13(24-14)10-21-9-1-8-20-21/h1-9,15H,10H2,(H2,19,22). The molecule has 0 aliphatic carbocycles. The third-order valence-electron chi connectivity index (χ3n) is 3.40. The van der Waals surface area contributed by atoms with Crippen LogP contribution in [-0.2, 0) is 16.1 Å². The summed E-state index contributed by atoms with van der Waals surface area (Å²) in [7, 11) is 0. The van der Waals surface area contributed by atoms with E-state index in [-0.39, 0.29) is 11.3 Å². The van der Waals surface area contributed by atoms with Crippen molar-refractivity contribution in [2.24, 2.45) is 5.73 Å². The molecule has 1 unspecified atom stereocenters. The Morgan fingerprint density at radius 3 is 2.64 bits per heavy atom. The summed E-state index contributed by atoms with van der Waals surface area (Å²) in [4.78, 5) is 23.8. The second-order valence-corrected chi connectivity index (χ2v) is 5.21. The summed E-state index contributed by atoms with van der Waals surface area (Å²) in [6.07, 6.45) is 2.03. The lowest BCUT2D eigenvalue weighted by Crippen LogP contribution is -2.26. The van der Waals surface area contributed by atoms with Crippen molar-refractivity contribution in [1.82, 2.24) is 9.78 Å². The van der Waals surface area contributed by atoms with Crippen LogP contribution in [0.3, 0.4) is 0 Å². The fourth-order valence-corrected chi connectivity index (χ4v) is 2.22. The highest BCUT2D eigenvalue weighted by Gasteiger charge is 2.25. The topological polar surface area (TPSA) is 100 Å². The molecule has 128 valence electrons. The van der Waals surface area contributed by atoms with E-state index in [4.69, 9.17) is 14.9 Å². The van der Waals surface area contributed by atoms with Gasteiger partial charge in [0.1, 0.15) is 11.6 Å². The van der Waals surface area contributed by atoms with Crippen molar-refractivity contribution in [3.63, 3.8) is 0 Å². The molecule has 2 N–H and O–H groups in total. The van der Waals surface area contributed by atoms with E-state index in [1.165, 1.54) is 18.2 Å². The maximum Gasteiger partial charge on any atom is 0.375 e. The van der Waals surface area contributed by atoms with Gasteiger partial charge >= 0.3 is 5.97 Å². The third-order valence-corrected chi connectivity index (χ3v) is 3.40. The van der Waals surface area contributed by atoms with Crippen LogP contribution >= 0.6 is 0 Å². The first-order valence-corrected chi connectivity index (χ1v) is 7.35.